The van der Waals surface area contributed by atoms with Gasteiger partial charge in [-0.3, -0.25) is 19.3 Å². The zero-order valence-corrected chi connectivity index (χ0v) is 18.6. The van der Waals surface area contributed by atoms with Crippen LogP contribution in [0.1, 0.15) is 42.0 Å². The Balaban J connectivity index is 1.55. The standard InChI is InChI=1S/C26H27N3O3/c1-4-16-8-10-19-18(13-16)26(25(32)27-19)22-21(20-6-5-11-28(20)26)23(30)29(24(22)31)17-9-7-14(2)15(3)12-17/h7-10,12-13,20-22H,4-6,11H2,1-3H3,(H,27,32)/t20-,21+,22+,26-/m1/s1. The first-order valence-electron chi connectivity index (χ1n) is 11.6. The van der Waals surface area contributed by atoms with E-state index < -0.39 is 17.4 Å². The summed E-state index contributed by atoms with van der Waals surface area (Å²) in [7, 11) is 0. The van der Waals surface area contributed by atoms with Crippen molar-refractivity contribution < 1.29 is 14.4 Å². The van der Waals surface area contributed by atoms with Crippen LogP contribution in [-0.4, -0.2) is 35.2 Å². The number of rotatable bonds is 2. The van der Waals surface area contributed by atoms with Gasteiger partial charge in [-0.05, 0) is 74.5 Å². The van der Waals surface area contributed by atoms with E-state index in [0.717, 1.165) is 53.7 Å². The lowest BCUT2D eigenvalue weighted by Gasteiger charge is -2.36. The van der Waals surface area contributed by atoms with Crippen LogP contribution in [-0.2, 0) is 26.3 Å². The minimum atomic E-state index is -1.10. The number of aryl methyl sites for hydroxylation is 3. The molecular weight excluding hydrogens is 402 g/mol. The predicted molar refractivity (Wildman–Crippen MR) is 121 cm³/mol. The Kier molecular flexibility index (Phi) is 4.01. The van der Waals surface area contributed by atoms with E-state index in [4.69, 9.17) is 0 Å². The van der Waals surface area contributed by atoms with Crippen molar-refractivity contribution in [2.45, 2.75) is 51.6 Å². The predicted octanol–water partition coefficient (Wildman–Crippen LogP) is 3.30. The van der Waals surface area contributed by atoms with E-state index in [0.29, 0.717) is 5.69 Å². The van der Waals surface area contributed by atoms with Gasteiger partial charge in [0.2, 0.25) is 17.7 Å². The molecule has 2 aromatic rings. The molecule has 4 aliphatic rings. The zero-order chi connectivity index (χ0) is 22.4. The first-order chi connectivity index (χ1) is 15.4. The topological polar surface area (TPSA) is 69.7 Å². The number of anilines is 2. The quantitative estimate of drug-likeness (QED) is 0.744. The molecule has 0 bridgehead atoms. The van der Waals surface area contributed by atoms with E-state index in [1.807, 2.05) is 44.2 Å². The summed E-state index contributed by atoms with van der Waals surface area (Å²) in [6.07, 6.45) is 2.60. The fourth-order valence-corrected chi connectivity index (χ4v) is 6.59. The summed E-state index contributed by atoms with van der Waals surface area (Å²) in [4.78, 5) is 45.0. The van der Waals surface area contributed by atoms with Crippen molar-refractivity contribution in [2.75, 3.05) is 16.8 Å². The molecule has 0 unspecified atom stereocenters. The third kappa shape index (κ3) is 2.21. The Morgan fingerprint density at radius 2 is 1.84 bits per heavy atom. The molecule has 0 aromatic heterocycles. The lowest BCUT2D eigenvalue weighted by atomic mass is 9.75. The van der Waals surface area contributed by atoms with E-state index >= 15 is 0 Å². The molecule has 32 heavy (non-hydrogen) atoms. The number of benzene rings is 2. The summed E-state index contributed by atoms with van der Waals surface area (Å²) in [5.74, 6) is -1.76. The number of hydrogen-bond acceptors (Lipinski definition) is 4. The van der Waals surface area contributed by atoms with Crippen molar-refractivity contribution >= 4 is 29.1 Å². The van der Waals surface area contributed by atoms with Gasteiger partial charge < -0.3 is 5.32 Å². The highest BCUT2D eigenvalue weighted by Gasteiger charge is 2.74. The summed E-state index contributed by atoms with van der Waals surface area (Å²) in [5.41, 5.74) is 4.41. The largest absolute Gasteiger partial charge is 0.324 e. The number of fused-ring (bicyclic) bond motifs is 7. The Morgan fingerprint density at radius 1 is 1.03 bits per heavy atom. The minimum absolute atomic E-state index is 0.0880. The monoisotopic (exact) mass is 429 g/mol. The molecule has 2 aromatic carbocycles. The van der Waals surface area contributed by atoms with Crippen LogP contribution in [0.3, 0.4) is 0 Å². The number of imide groups is 1. The van der Waals surface area contributed by atoms with Crippen LogP contribution in [0.25, 0.3) is 0 Å². The maximum atomic E-state index is 14.0. The average Bonchev–Trinajstić information content (AvgIpc) is 3.48. The molecular formula is C26H27N3O3. The highest BCUT2D eigenvalue weighted by Crippen LogP contribution is 2.60. The van der Waals surface area contributed by atoms with E-state index in [9.17, 15) is 14.4 Å². The van der Waals surface area contributed by atoms with Gasteiger partial charge in [0.1, 0.15) is 5.54 Å². The van der Waals surface area contributed by atoms with Gasteiger partial charge in [-0.2, -0.15) is 0 Å². The SMILES string of the molecule is CCc1ccc2c(c1)[C@]1(C(=O)N2)[C@@H]2C(=O)N(c3ccc(C)c(C)c3)C(=O)[C@H]2[C@H]2CCCN21. The molecule has 1 spiro atoms. The molecule has 3 fully saturated rings. The maximum Gasteiger partial charge on any atom is 0.250 e. The van der Waals surface area contributed by atoms with Crippen LogP contribution in [0.15, 0.2) is 36.4 Å². The number of carbonyl (C=O) groups is 3. The van der Waals surface area contributed by atoms with Crippen molar-refractivity contribution in [1.82, 2.24) is 4.90 Å². The Bertz CT molecular complexity index is 1200. The molecule has 6 rings (SSSR count). The number of amides is 3. The molecule has 0 radical (unpaired) electrons. The van der Waals surface area contributed by atoms with Crippen LogP contribution in [0.5, 0.6) is 0 Å². The second-order valence-electron chi connectivity index (χ2n) is 9.64. The van der Waals surface area contributed by atoms with Crippen molar-refractivity contribution in [3.8, 4) is 0 Å². The van der Waals surface area contributed by atoms with Gasteiger partial charge in [0.15, 0.2) is 0 Å². The smallest absolute Gasteiger partial charge is 0.250 e. The second-order valence-corrected chi connectivity index (χ2v) is 9.64. The Hall–Kier alpha value is -2.99. The first kappa shape index (κ1) is 19.7. The number of hydrogen-bond donors (Lipinski definition) is 1. The van der Waals surface area contributed by atoms with Gasteiger partial charge in [0.25, 0.3) is 0 Å². The molecule has 4 aliphatic heterocycles. The molecule has 0 saturated carbocycles. The molecule has 3 amide bonds. The molecule has 6 heteroatoms. The molecule has 4 atom stereocenters. The van der Waals surface area contributed by atoms with Gasteiger partial charge in [-0.1, -0.05) is 25.1 Å². The van der Waals surface area contributed by atoms with Crippen LogP contribution in [0.2, 0.25) is 0 Å². The van der Waals surface area contributed by atoms with Crippen LogP contribution in [0, 0.1) is 25.7 Å². The number of carbonyl (C=O) groups excluding carboxylic acids is 3. The highest BCUT2D eigenvalue weighted by molar-refractivity contribution is 6.25. The lowest BCUT2D eigenvalue weighted by molar-refractivity contribution is -0.135. The van der Waals surface area contributed by atoms with Crippen molar-refractivity contribution in [2.24, 2.45) is 11.8 Å². The van der Waals surface area contributed by atoms with E-state index in [1.54, 1.807) is 0 Å². The van der Waals surface area contributed by atoms with Gasteiger partial charge in [-0.15, -0.1) is 0 Å². The lowest BCUT2D eigenvalue weighted by Crippen LogP contribution is -2.54. The Labute approximate surface area is 187 Å². The normalized spacial score (nSPS) is 30.8. The highest BCUT2D eigenvalue weighted by atomic mass is 16.2. The average molecular weight is 430 g/mol. The summed E-state index contributed by atoms with van der Waals surface area (Å²) in [6.45, 7) is 6.81. The summed E-state index contributed by atoms with van der Waals surface area (Å²) in [6, 6.07) is 11.6. The fraction of sp³-hybridized carbons (Fsp3) is 0.423. The van der Waals surface area contributed by atoms with Crippen LogP contribution < -0.4 is 10.2 Å². The van der Waals surface area contributed by atoms with Crippen molar-refractivity contribution in [3.05, 3.63) is 58.7 Å². The van der Waals surface area contributed by atoms with Gasteiger partial charge in [0.05, 0.1) is 17.5 Å². The van der Waals surface area contributed by atoms with E-state index in [2.05, 4.69) is 23.2 Å². The number of nitrogens with one attached hydrogen (secondary N) is 1. The third-order valence-electron chi connectivity index (χ3n) is 8.21. The Morgan fingerprint density at radius 3 is 2.59 bits per heavy atom. The molecule has 0 aliphatic carbocycles. The van der Waals surface area contributed by atoms with Gasteiger partial charge >= 0.3 is 0 Å². The summed E-state index contributed by atoms with van der Waals surface area (Å²) in [5, 5.41) is 3.05. The maximum absolute atomic E-state index is 14.0. The van der Waals surface area contributed by atoms with E-state index in [-0.39, 0.29) is 23.8 Å². The van der Waals surface area contributed by atoms with E-state index in [1.165, 1.54) is 4.90 Å². The summed E-state index contributed by atoms with van der Waals surface area (Å²) < 4.78 is 0. The minimum Gasteiger partial charge on any atom is -0.324 e. The first-order valence-corrected chi connectivity index (χ1v) is 11.6. The molecule has 6 nitrogen and oxygen atoms in total. The van der Waals surface area contributed by atoms with Gasteiger partial charge in [-0.25, -0.2) is 4.90 Å². The number of nitrogens with zero attached hydrogens (tertiary/aromatic N) is 2. The summed E-state index contributed by atoms with van der Waals surface area (Å²) >= 11 is 0. The van der Waals surface area contributed by atoms with Crippen LogP contribution in [0.4, 0.5) is 11.4 Å². The molecule has 1 N–H and O–H groups in total. The third-order valence-corrected chi connectivity index (χ3v) is 8.21. The van der Waals surface area contributed by atoms with Crippen LogP contribution >= 0.6 is 0 Å². The van der Waals surface area contributed by atoms with Crippen molar-refractivity contribution in [3.63, 3.8) is 0 Å². The molecule has 164 valence electrons. The van der Waals surface area contributed by atoms with Crippen molar-refractivity contribution in [1.29, 1.82) is 0 Å². The second kappa shape index (κ2) is 6.51. The molecule has 4 heterocycles. The van der Waals surface area contributed by atoms with Gasteiger partial charge in [0, 0.05) is 17.3 Å². The zero-order valence-electron chi connectivity index (χ0n) is 18.6. The fourth-order valence-electron chi connectivity index (χ4n) is 6.59. The molecule has 3 saturated heterocycles.